The molecule has 3 aliphatic rings. The lowest BCUT2D eigenvalue weighted by atomic mass is 10.0. The van der Waals surface area contributed by atoms with Crippen molar-refractivity contribution in [1.29, 1.82) is 0 Å². The Morgan fingerprint density at radius 1 is 1.40 bits per heavy atom. The Morgan fingerprint density at radius 3 is 2.84 bits per heavy atom. The van der Waals surface area contributed by atoms with Crippen LogP contribution in [-0.2, 0) is 6.42 Å². The fraction of sp³-hybridized carbons (Fsp3) is 0.632. The summed E-state index contributed by atoms with van der Waals surface area (Å²) in [6.45, 7) is 4.81. The zero-order valence-corrected chi connectivity index (χ0v) is 17.5. The molecule has 2 saturated carbocycles. The highest BCUT2D eigenvalue weighted by Crippen LogP contribution is 2.49. The molecule has 3 unspecified atom stereocenters. The van der Waals surface area contributed by atoms with Gasteiger partial charge in [-0.25, -0.2) is 4.99 Å². The molecule has 6 heteroatoms. The summed E-state index contributed by atoms with van der Waals surface area (Å²) < 4.78 is 11.8. The van der Waals surface area contributed by atoms with Crippen LogP contribution in [0.2, 0.25) is 0 Å². The molecule has 0 spiro atoms. The van der Waals surface area contributed by atoms with E-state index in [9.17, 15) is 0 Å². The molecular weight excluding hydrogens is 429 g/mol. The first-order chi connectivity index (χ1) is 11.6. The molecule has 0 aromatic heterocycles. The van der Waals surface area contributed by atoms with Gasteiger partial charge in [-0.1, -0.05) is 0 Å². The highest BCUT2D eigenvalue weighted by Gasteiger charge is 2.42. The zero-order valence-electron chi connectivity index (χ0n) is 15.2. The second-order valence-corrected chi connectivity index (χ2v) is 7.30. The lowest BCUT2D eigenvalue weighted by Crippen LogP contribution is -2.36. The summed E-state index contributed by atoms with van der Waals surface area (Å²) in [6.07, 6.45) is 4.71. The summed E-state index contributed by atoms with van der Waals surface area (Å²) in [5.74, 6) is 3.07. The first-order valence-electron chi connectivity index (χ1n) is 9.09. The number of fused-ring (bicyclic) bond motifs is 1. The predicted molar refractivity (Wildman–Crippen MR) is 110 cm³/mol. The molecule has 5 nitrogen and oxygen atoms in total. The summed E-state index contributed by atoms with van der Waals surface area (Å²) in [6, 6.07) is 5.20. The van der Waals surface area contributed by atoms with Crippen molar-refractivity contribution in [3.63, 3.8) is 0 Å². The summed E-state index contributed by atoms with van der Waals surface area (Å²) in [5.41, 5.74) is 8.64. The molecule has 1 heterocycles. The van der Waals surface area contributed by atoms with Crippen molar-refractivity contribution in [3.8, 4) is 11.5 Å². The first kappa shape index (κ1) is 18.6. The number of guanidine groups is 1. The summed E-state index contributed by atoms with van der Waals surface area (Å²) in [4.78, 5) is 6.86. The Bertz CT molecular complexity index is 675. The van der Waals surface area contributed by atoms with Crippen LogP contribution in [0.5, 0.6) is 11.5 Å². The first-order valence-corrected chi connectivity index (χ1v) is 9.09. The number of nitrogens with zero attached hydrogens (tertiary/aromatic N) is 2. The maximum atomic E-state index is 6.16. The maximum Gasteiger partial charge on any atom is 0.191 e. The third-order valence-electron chi connectivity index (χ3n) is 5.24. The highest BCUT2D eigenvalue weighted by molar-refractivity contribution is 14.0. The van der Waals surface area contributed by atoms with E-state index in [4.69, 9.17) is 20.2 Å². The standard InChI is InChI=1S/C19H27N3O2.HI/c1-4-23-18-8-12-7-11(2)24-17(12)10-15(18)14-9-16(14)21-19(20)22(3)13-5-6-13;/h8,10-11,13-14,16H,4-7,9H2,1-3H3,(H2,20,21);1H. The van der Waals surface area contributed by atoms with Crippen molar-refractivity contribution >= 4 is 29.9 Å². The SMILES string of the molecule is CCOc1cc2c(cc1C1CC1N=C(N)N(C)C1CC1)OC(C)C2.I. The number of ether oxygens (including phenoxy) is 2. The number of halogens is 1. The molecule has 2 N–H and O–H groups in total. The van der Waals surface area contributed by atoms with Gasteiger partial charge in [0.2, 0.25) is 0 Å². The van der Waals surface area contributed by atoms with E-state index in [0.717, 1.165) is 24.3 Å². The van der Waals surface area contributed by atoms with Crippen LogP contribution in [0.4, 0.5) is 0 Å². The maximum absolute atomic E-state index is 6.16. The predicted octanol–water partition coefficient (Wildman–Crippen LogP) is 3.29. The monoisotopic (exact) mass is 457 g/mol. The van der Waals surface area contributed by atoms with Gasteiger partial charge < -0.3 is 20.1 Å². The third kappa shape index (κ3) is 3.83. The largest absolute Gasteiger partial charge is 0.494 e. The van der Waals surface area contributed by atoms with E-state index in [2.05, 4.69) is 24.0 Å². The number of benzene rings is 1. The van der Waals surface area contributed by atoms with Gasteiger partial charge in [-0.15, -0.1) is 24.0 Å². The van der Waals surface area contributed by atoms with Gasteiger partial charge in [-0.05, 0) is 45.2 Å². The molecule has 138 valence electrons. The van der Waals surface area contributed by atoms with Gasteiger partial charge in [0.25, 0.3) is 0 Å². The minimum atomic E-state index is 0. The van der Waals surface area contributed by atoms with Crippen molar-refractivity contribution in [3.05, 3.63) is 23.3 Å². The van der Waals surface area contributed by atoms with Crippen LogP contribution in [-0.4, -0.2) is 42.7 Å². The highest BCUT2D eigenvalue weighted by atomic mass is 127. The number of rotatable bonds is 5. The molecule has 25 heavy (non-hydrogen) atoms. The fourth-order valence-corrected chi connectivity index (χ4v) is 3.59. The molecular formula is C19H28IN3O2. The van der Waals surface area contributed by atoms with Crippen molar-refractivity contribution in [2.75, 3.05) is 13.7 Å². The molecule has 0 amide bonds. The lowest BCUT2D eigenvalue weighted by Gasteiger charge is -2.17. The van der Waals surface area contributed by atoms with Gasteiger partial charge in [-0.3, -0.25) is 0 Å². The molecule has 2 fully saturated rings. The summed E-state index contributed by atoms with van der Waals surface area (Å²) in [5, 5.41) is 0. The summed E-state index contributed by atoms with van der Waals surface area (Å²) in [7, 11) is 2.05. The van der Waals surface area contributed by atoms with E-state index in [0.29, 0.717) is 24.5 Å². The number of hydrogen-bond acceptors (Lipinski definition) is 3. The smallest absolute Gasteiger partial charge is 0.191 e. The molecule has 1 aromatic rings. The molecule has 3 atom stereocenters. The average molecular weight is 457 g/mol. The van der Waals surface area contributed by atoms with Crippen LogP contribution in [0, 0.1) is 0 Å². The third-order valence-corrected chi connectivity index (χ3v) is 5.24. The van der Waals surface area contributed by atoms with Crippen LogP contribution in [0.3, 0.4) is 0 Å². The Balaban J connectivity index is 0.00000182. The Morgan fingerprint density at radius 2 is 2.16 bits per heavy atom. The van der Waals surface area contributed by atoms with E-state index in [-0.39, 0.29) is 36.1 Å². The minimum absolute atomic E-state index is 0. The van der Waals surface area contributed by atoms with Crippen molar-refractivity contribution in [2.45, 2.75) is 63.6 Å². The molecule has 4 rings (SSSR count). The zero-order chi connectivity index (χ0) is 16.8. The molecule has 0 radical (unpaired) electrons. The number of aliphatic imine (C=N–C) groups is 1. The topological polar surface area (TPSA) is 60.1 Å². The second kappa shape index (κ2) is 7.21. The molecule has 2 aliphatic carbocycles. The van der Waals surface area contributed by atoms with E-state index in [1.165, 1.54) is 24.0 Å². The van der Waals surface area contributed by atoms with Gasteiger partial charge in [0.05, 0.1) is 12.6 Å². The number of nitrogens with two attached hydrogens (primary N) is 1. The molecule has 0 saturated heterocycles. The van der Waals surface area contributed by atoms with Crippen LogP contribution in [0.25, 0.3) is 0 Å². The van der Waals surface area contributed by atoms with E-state index in [1.807, 2.05) is 14.0 Å². The summed E-state index contributed by atoms with van der Waals surface area (Å²) >= 11 is 0. The molecule has 0 bridgehead atoms. The molecule has 1 aliphatic heterocycles. The van der Waals surface area contributed by atoms with E-state index >= 15 is 0 Å². The molecule has 1 aromatic carbocycles. The lowest BCUT2D eigenvalue weighted by molar-refractivity contribution is 0.254. The fourth-order valence-electron chi connectivity index (χ4n) is 3.59. The van der Waals surface area contributed by atoms with Crippen LogP contribution in [0.15, 0.2) is 17.1 Å². The van der Waals surface area contributed by atoms with Gasteiger partial charge in [0.1, 0.15) is 17.6 Å². The van der Waals surface area contributed by atoms with Gasteiger partial charge in [0.15, 0.2) is 5.96 Å². The van der Waals surface area contributed by atoms with Crippen molar-refractivity contribution < 1.29 is 9.47 Å². The van der Waals surface area contributed by atoms with E-state index < -0.39 is 0 Å². The van der Waals surface area contributed by atoms with Crippen molar-refractivity contribution in [1.82, 2.24) is 4.90 Å². The van der Waals surface area contributed by atoms with E-state index in [1.54, 1.807) is 0 Å². The second-order valence-electron chi connectivity index (χ2n) is 7.30. The van der Waals surface area contributed by atoms with Crippen LogP contribution in [0.1, 0.15) is 50.2 Å². The Kier molecular flexibility index (Phi) is 5.37. The van der Waals surface area contributed by atoms with Crippen LogP contribution >= 0.6 is 24.0 Å². The number of hydrogen-bond donors (Lipinski definition) is 1. The van der Waals surface area contributed by atoms with Gasteiger partial charge in [0, 0.05) is 36.6 Å². The normalized spacial score (nSPS) is 27.2. The Hall–Kier alpha value is -1.18. The average Bonchev–Trinajstić information content (AvgIpc) is 3.44. The van der Waals surface area contributed by atoms with Gasteiger partial charge >= 0.3 is 0 Å². The quantitative estimate of drug-likeness (QED) is 0.419. The van der Waals surface area contributed by atoms with Crippen LogP contribution < -0.4 is 15.2 Å². The minimum Gasteiger partial charge on any atom is -0.494 e. The van der Waals surface area contributed by atoms with Gasteiger partial charge in [-0.2, -0.15) is 0 Å². The van der Waals surface area contributed by atoms with Crippen molar-refractivity contribution in [2.24, 2.45) is 10.7 Å². The Labute approximate surface area is 167 Å².